The molecule has 18 heavy (non-hydrogen) atoms. The fraction of sp³-hybridized carbons (Fsp3) is 0.615. The Kier molecular flexibility index (Phi) is 3.97. The summed E-state index contributed by atoms with van der Waals surface area (Å²) in [6.45, 7) is 0.653. The minimum atomic E-state index is -0.165. The Morgan fingerprint density at radius 3 is 2.67 bits per heavy atom. The first-order valence-electron chi connectivity index (χ1n) is 6.24. The van der Waals surface area contributed by atoms with E-state index in [2.05, 4.69) is 24.3 Å². The molecule has 1 saturated carbocycles. The quantitative estimate of drug-likeness (QED) is 0.915. The highest BCUT2D eigenvalue weighted by atomic mass is 35.5. The van der Waals surface area contributed by atoms with Gasteiger partial charge in [-0.15, -0.1) is 0 Å². The number of halogens is 1. The summed E-state index contributed by atoms with van der Waals surface area (Å²) in [6, 6.07) is 1.59. The van der Waals surface area contributed by atoms with E-state index in [1.165, 1.54) is 19.1 Å². The largest absolute Gasteiger partial charge is 0.452 e. The van der Waals surface area contributed by atoms with Gasteiger partial charge in [-0.05, 0) is 44.6 Å². The van der Waals surface area contributed by atoms with Gasteiger partial charge in [-0.1, -0.05) is 12.8 Å². The summed E-state index contributed by atoms with van der Waals surface area (Å²) < 4.78 is 4.92. The average molecular weight is 271 g/mol. The fourth-order valence-corrected chi connectivity index (χ4v) is 2.81. The van der Waals surface area contributed by atoms with Crippen LogP contribution in [0.2, 0.25) is 5.22 Å². The van der Waals surface area contributed by atoms with Crippen LogP contribution in [0.15, 0.2) is 16.7 Å². The van der Waals surface area contributed by atoms with Gasteiger partial charge in [-0.25, -0.2) is 0 Å². The first-order chi connectivity index (χ1) is 8.55. The Balaban J connectivity index is 1.98. The molecule has 0 saturated heterocycles. The molecule has 1 aliphatic rings. The van der Waals surface area contributed by atoms with E-state index in [1.807, 2.05) is 0 Å². The van der Waals surface area contributed by atoms with Gasteiger partial charge >= 0.3 is 0 Å². The predicted octanol–water partition coefficient (Wildman–Crippen LogP) is 2.54. The van der Waals surface area contributed by atoms with E-state index in [9.17, 15) is 4.79 Å². The zero-order valence-electron chi connectivity index (χ0n) is 10.8. The number of carbonyl (C=O) groups excluding carboxylic acids is 1. The van der Waals surface area contributed by atoms with Crippen LogP contribution in [0.1, 0.15) is 36.0 Å². The summed E-state index contributed by atoms with van der Waals surface area (Å²) in [5, 5.41) is 3.12. The number of amides is 1. The number of rotatable bonds is 4. The Morgan fingerprint density at radius 1 is 1.50 bits per heavy atom. The molecule has 2 rings (SSSR count). The van der Waals surface area contributed by atoms with Crippen molar-refractivity contribution in [1.82, 2.24) is 10.2 Å². The van der Waals surface area contributed by atoms with Gasteiger partial charge < -0.3 is 14.6 Å². The van der Waals surface area contributed by atoms with E-state index >= 15 is 0 Å². The van der Waals surface area contributed by atoms with E-state index in [-0.39, 0.29) is 16.7 Å². The van der Waals surface area contributed by atoms with Crippen LogP contribution in [-0.2, 0) is 0 Å². The predicted molar refractivity (Wildman–Crippen MR) is 70.9 cm³/mol. The third-order valence-electron chi connectivity index (χ3n) is 3.92. The van der Waals surface area contributed by atoms with Crippen molar-refractivity contribution < 1.29 is 9.21 Å². The summed E-state index contributed by atoms with van der Waals surface area (Å²) in [5.74, 6) is -0.165. The maximum absolute atomic E-state index is 12.0. The molecule has 1 aliphatic carbocycles. The highest BCUT2D eigenvalue weighted by Gasteiger charge is 2.36. The van der Waals surface area contributed by atoms with Crippen LogP contribution in [0, 0.1) is 0 Å². The van der Waals surface area contributed by atoms with E-state index < -0.39 is 0 Å². The van der Waals surface area contributed by atoms with E-state index in [1.54, 1.807) is 6.07 Å². The minimum Gasteiger partial charge on any atom is -0.452 e. The molecule has 0 spiro atoms. The first kappa shape index (κ1) is 13.4. The van der Waals surface area contributed by atoms with Crippen molar-refractivity contribution in [2.24, 2.45) is 0 Å². The second-order valence-corrected chi connectivity index (χ2v) is 5.46. The third kappa shape index (κ3) is 2.54. The van der Waals surface area contributed by atoms with Crippen molar-refractivity contribution >= 4 is 17.5 Å². The van der Waals surface area contributed by atoms with Gasteiger partial charge in [0, 0.05) is 12.1 Å². The summed E-state index contributed by atoms with van der Waals surface area (Å²) >= 11 is 5.79. The molecule has 1 aromatic rings. The normalized spacial score (nSPS) is 18.2. The average Bonchev–Trinajstić information content (AvgIpc) is 2.95. The van der Waals surface area contributed by atoms with Gasteiger partial charge in [-0.3, -0.25) is 4.79 Å². The fourth-order valence-electron chi connectivity index (χ4n) is 2.61. The molecule has 1 aromatic heterocycles. The molecule has 1 N–H and O–H groups in total. The standard InChI is InChI=1S/C13H19ClN2O2/c1-16(2)13(6-3-4-7-13)9-15-12(17)10-5-8-18-11(10)14/h5,8H,3-4,6-7,9H2,1-2H3,(H,15,17). The smallest absolute Gasteiger partial charge is 0.256 e. The van der Waals surface area contributed by atoms with E-state index in [0.717, 1.165) is 12.8 Å². The van der Waals surface area contributed by atoms with Crippen LogP contribution in [0.5, 0.6) is 0 Å². The van der Waals surface area contributed by atoms with Gasteiger partial charge in [-0.2, -0.15) is 0 Å². The van der Waals surface area contributed by atoms with Crippen LogP contribution in [0.3, 0.4) is 0 Å². The lowest BCUT2D eigenvalue weighted by Crippen LogP contribution is -2.50. The Labute approximate surface area is 112 Å². The van der Waals surface area contributed by atoms with Crippen molar-refractivity contribution in [3.63, 3.8) is 0 Å². The lowest BCUT2D eigenvalue weighted by atomic mass is 9.96. The monoisotopic (exact) mass is 270 g/mol. The molecule has 0 aromatic carbocycles. The van der Waals surface area contributed by atoms with Gasteiger partial charge in [0.15, 0.2) is 0 Å². The van der Waals surface area contributed by atoms with Crippen molar-refractivity contribution in [1.29, 1.82) is 0 Å². The van der Waals surface area contributed by atoms with Crippen LogP contribution in [0.25, 0.3) is 0 Å². The van der Waals surface area contributed by atoms with E-state index in [0.29, 0.717) is 12.1 Å². The van der Waals surface area contributed by atoms with Crippen LogP contribution >= 0.6 is 11.6 Å². The molecule has 0 atom stereocenters. The Hall–Kier alpha value is -1.00. The zero-order valence-corrected chi connectivity index (χ0v) is 11.6. The molecule has 0 radical (unpaired) electrons. The second kappa shape index (κ2) is 5.33. The Bertz CT molecular complexity index is 422. The maximum Gasteiger partial charge on any atom is 0.256 e. The highest BCUT2D eigenvalue weighted by molar-refractivity contribution is 6.32. The summed E-state index contributed by atoms with van der Waals surface area (Å²) in [4.78, 5) is 14.2. The number of carbonyl (C=O) groups is 1. The SMILES string of the molecule is CN(C)C1(CNC(=O)c2ccoc2Cl)CCCC1. The molecule has 1 heterocycles. The maximum atomic E-state index is 12.0. The summed E-state index contributed by atoms with van der Waals surface area (Å²) in [7, 11) is 4.14. The molecule has 100 valence electrons. The molecule has 4 nitrogen and oxygen atoms in total. The van der Waals surface area contributed by atoms with Crippen molar-refractivity contribution in [3.8, 4) is 0 Å². The van der Waals surface area contributed by atoms with Gasteiger partial charge in [0.05, 0.1) is 11.8 Å². The Morgan fingerprint density at radius 2 is 2.17 bits per heavy atom. The van der Waals surface area contributed by atoms with Crippen LogP contribution < -0.4 is 5.32 Å². The summed E-state index contributed by atoms with van der Waals surface area (Å²) in [6.07, 6.45) is 6.12. The second-order valence-electron chi connectivity index (χ2n) is 5.12. The number of nitrogens with one attached hydrogen (secondary N) is 1. The zero-order chi connectivity index (χ0) is 13.2. The van der Waals surface area contributed by atoms with Gasteiger partial charge in [0.2, 0.25) is 5.22 Å². The summed E-state index contributed by atoms with van der Waals surface area (Å²) in [5.41, 5.74) is 0.495. The molecule has 0 unspecified atom stereocenters. The third-order valence-corrected chi connectivity index (χ3v) is 4.22. The van der Waals surface area contributed by atoms with Crippen LogP contribution in [0.4, 0.5) is 0 Å². The molecular weight excluding hydrogens is 252 g/mol. The molecule has 0 aliphatic heterocycles. The lowest BCUT2D eigenvalue weighted by molar-refractivity contribution is 0.0899. The number of nitrogens with zero attached hydrogens (tertiary/aromatic N) is 1. The van der Waals surface area contributed by atoms with Crippen molar-refractivity contribution in [2.75, 3.05) is 20.6 Å². The highest BCUT2D eigenvalue weighted by Crippen LogP contribution is 2.33. The number of hydrogen-bond donors (Lipinski definition) is 1. The molecular formula is C13H19ClN2O2. The van der Waals surface area contributed by atoms with Gasteiger partial charge in [0.25, 0.3) is 5.91 Å². The molecule has 1 fully saturated rings. The van der Waals surface area contributed by atoms with Gasteiger partial charge in [0.1, 0.15) is 0 Å². The topological polar surface area (TPSA) is 45.5 Å². The number of hydrogen-bond acceptors (Lipinski definition) is 3. The molecule has 5 heteroatoms. The number of likely N-dealkylation sites (N-methyl/N-ethyl adjacent to an activating group) is 1. The van der Waals surface area contributed by atoms with Crippen molar-refractivity contribution in [3.05, 3.63) is 23.1 Å². The molecule has 0 bridgehead atoms. The van der Waals surface area contributed by atoms with E-state index in [4.69, 9.17) is 16.0 Å². The number of furan rings is 1. The lowest BCUT2D eigenvalue weighted by Gasteiger charge is -2.36. The van der Waals surface area contributed by atoms with Crippen LogP contribution in [-0.4, -0.2) is 37.0 Å². The first-order valence-corrected chi connectivity index (χ1v) is 6.62. The molecule has 1 amide bonds. The minimum absolute atomic E-state index is 0.0892. The van der Waals surface area contributed by atoms with Crippen molar-refractivity contribution in [2.45, 2.75) is 31.2 Å².